The quantitative estimate of drug-likeness (QED) is 0.248. The smallest absolute Gasteiger partial charge is 0.191 e. The van der Waals surface area contributed by atoms with Gasteiger partial charge in [0, 0.05) is 44.6 Å². The number of aryl methyl sites for hydroxylation is 1. The Kier molecular flexibility index (Phi) is 10.8. The molecule has 132 valence electrons. The molecule has 1 aliphatic rings. The Hall–Kier alpha value is -0.410. The summed E-state index contributed by atoms with van der Waals surface area (Å²) in [7, 11) is 0. The lowest BCUT2D eigenvalue weighted by molar-refractivity contribution is 0.123. The number of thiazole rings is 1. The monoisotopic (exact) mass is 452 g/mol. The van der Waals surface area contributed by atoms with Crippen LogP contribution in [0.15, 0.2) is 10.4 Å². The van der Waals surface area contributed by atoms with Gasteiger partial charge in [-0.15, -0.1) is 35.3 Å². The summed E-state index contributed by atoms with van der Waals surface area (Å²) in [5.74, 6) is 1.73. The topological polar surface area (TPSA) is 58.5 Å². The van der Waals surface area contributed by atoms with Crippen molar-refractivity contribution in [2.75, 3.05) is 32.8 Å². The highest BCUT2D eigenvalue weighted by atomic mass is 127. The van der Waals surface area contributed by atoms with Crippen LogP contribution in [0.2, 0.25) is 0 Å². The Balaban J connectivity index is 0.00000264. The first-order valence-electron chi connectivity index (χ1n) is 8.29. The summed E-state index contributed by atoms with van der Waals surface area (Å²) in [6, 6.07) is 0. The number of hydrogen-bond acceptors (Lipinski definition) is 4. The van der Waals surface area contributed by atoms with Gasteiger partial charge in [-0.05, 0) is 39.0 Å². The van der Waals surface area contributed by atoms with E-state index in [4.69, 9.17) is 4.74 Å². The molecule has 0 bridgehead atoms. The first kappa shape index (κ1) is 20.6. The van der Waals surface area contributed by atoms with Crippen LogP contribution < -0.4 is 10.6 Å². The SMILES string of the molecule is CCNC(=NCCCOCC1CC1)NCCc1csc(C)n1.I. The van der Waals surface area contributed by atoms with Crippen molar-refractivity contribution in [3.63, 3.8) is 0 Å². The highest BCUT2D eigenvalue weighted by Crippen LogP contribution is 2.28. The maximum Gasteiger partial charge on any atom is 0.191 e. The van der Waals surface area contributed by atoms with Crippen molar-refractivity contribution in [3.05, 3.63) is 16.1 Å². The first-order chi connectivity index (χ1) is 10.8. The van der Waals surface area contributed by atoms with E-state index in [2.05, 4.69) is 32.9 Å². The molecule has 2 rings (SSSR count). The van der Waals surface area contributed by atoms with Crippen LogP contribution in [0, 0.1) is 12.8 Å². The lowest BCUT2D eigenvalue weighted by atomic mass is 10.3. The predicted octanol–water partition coefficient (Wildman–Crippen LogP) is 2.98. The number of ether oxygens (including phenoxy) is 1. The first-order valence-corrected chi connectivity index (χ1v) is 9.17. The molecule has 0 spiro atoms. The molecule has 0 aromatic carbocycles. The van der Waals surface area contributed by atoms with Crippen LogP contribution in [0.25, 0.3) is 0 Å². The van der Waals surface area contributed by atoms with Gasteiger partial charge >= 0.3 is 0 Å². The van der Waals surface area contributed by atoms with Gasteiger partial charge in [-0.1, -0.05) is 0 Å². The Morgan fingerprint density at radius 3 is 2.91 bits per heavy atom. The number of nitrogens with zero attached hydrogens (tertiary/aromatic N) is 2. The molecule has 1 aromatic heterocycles. The van der Waals surface area contributed by atoms with Crippen molar-refractivity contribution in [1.82, 2.24) is 15.6 Å². The zero-order valence-electron chi connectivity index (χ0n) is 14.1. The summed E-state index contributed by atoms with van der Waals surface area (Å²) >= 11 is 1.70. The normalized spacial score (nSPS) is 14.4. The molecule has 1 aromatic rings. The second-order valence-corrected chi connectivity index (χ2v) is 6.73. The standard InChI is InChI=1S/C16H28N4OS.HI/c1-3-17-16(18-8-4-10-21-11-14-5-6-14)19-9-7-15-12-22-13(2)20-15;/h12,14H,3-11H2,1-2H3,(H2,17,18,19);1H. The van der Waals surface area contributed by atoms with Gasteiger partial charge in [-0.3, -0.25) is 4.99 Å². The van der Waals surface area contributed by atoms with Crippen LogP contribution in [0.1, 0.15) is 36.9 Å². The third-order valence-electron chi connectivity index (χ3n) is 3.45. The number of guanidine groups is 1. The minimum atomic E-state index is 0. The van der Waals surface area contributed by atoms with Gasteiger partial charge in [-0.25, -0.2) is 4.98 Å². The molecule has 1 aliphatic carbocycles. The summed E-state index contributed by atoms with van der Waals surface area (Å²) in [5.41, 5.74) is 1.15. The lowest BCUT2D eigenvalue weighted by Gasteiger charge is -2.10. The number of nitrogens with one attached hydrogen (secondary N) is 2. The zero-order chi connectivity index (χ0) is 15.6. The molecule has 23 heavy (non-hydrogen) atoms. The van der Waals surface area contributed by atoms with E-state index in [1.165, 1.54) is 12.8 Å². The summed E-state index contributed by atoms with van der Waals surface area (Å²) < 4.78 is 5.62. The number of halogens is 1. The largest absolute Gasteiger partial charge is 0.381 e. The maximum absolute atomic E-state index is 5.62. The number of aromatic nitrogens is 1. The third kappa shape index (κ3) is 9.46. The van der Waals surface area contributed by atoms with Crippen LogP contribution >= 0.6 is 35.3 Å². The number of rotatable bonds is 10. The molecule has 0 unspecified atom stereocenters. The van der Waals surface area contributed by atoms with Gasteiger partial charge in [0.25, 0.3) is 0 Å². The van der Waals surface area contributed by atoms with Crippen molar-refractivity contribution < 1.29 is 4.74 Å². The van der Waals surface area contributed by atoms with E-state index in [9.17, 15) is 0 Å². The average molecular weight is 452 g/mol. The Bertz CT molecular complexity index is 463. The summed E-state index contributed by atoms with van der Waals surface area (Å²) in [6.45, 7) is 8.41. The second-order valence-electron chi connectivity index (χ2n) is 5.67. The fraction of sp³-hybridized carbons (Fsp3) is 0.750. The van der Waals surface area contributed by atoms with Crippen molar-refractivity contribution in [1.29, 1.82) is 0 Å². The molecule has 0 aliphatic heterocycles. The van der Waals surface area contributed by atoms with Gasteiger partial charge < -0.3 is 15.4 Å². The summed E-state index contributed by atoms with van der Waals surface area (Å²) in [5, 5.41) is 9.88. The highest BCUT2D eigenvalue weighted by molar-refractivity contribution is 14.0. The predicted molar refractivity (Wildman–Crippen MR) is 108 cm³/mol. The lowest BCUT2D eigenvalue weighted by Crippen LogP contribution is -2.38. The molecule has 0 atom stereocenters. The van der Waals surface area contributed by atoms with Crippen molar-refractivity contribution in [2.24, 2.45) is 10.9 Å². The van der Waals surface area contributed by atoms with Crippen LogP contribution in [0.3, 0.4) is 0 Å². The molecular formula is C16H29IN4OS. The van der Waals surface area contributed by atoms with Gasteiger partial charge in [0.1, 0.15) is 0 Å². The van der Waals surface area contributed by atoms with E-state index in [0.717, 1.165) is 68.3 Å². The van der Waals surface area contributed by atoms with Gasteiger partial charge in [-0.2, -0.15) is 0 Å². The van der Waals surface area contributed by atoms with Gasteiger partial charge in [0.15, 0.2) is 5.96 Å². The van der Waals surface area contributed by atoms with Crippen LogP contribution in [-0.4, -0.2) is 43.8 Å². The minimum Gasteiger partial charge on any atom is -0.381 e. The summed E-state index contributed by atoms with van der Waals surface area (Å²) in [6.07, 6.45) is 4.62. The molecule has 0 radical (unpaired) electrons. The van der Waals surface area contributed by atoms with E-state index in [0.29, 0.717) is 0 Å². The average Bonchev–Trinajstić information content (AvgIpc) is 3.24. The zero-order valence-corrected chi connectivity index (χ0v) is 17.3. The molecule has 0 saturated heterocycles. The maximum atomic E-state index is 5.62. The minimum absolute atomic E-state index is 0. The van der Waals surface area contributed by atoms with Crippen LogP contribution in [-0.2, 0) is 11.2 Å². The van der Waals surface area contributed by atoms with E-state index in [-0.39, 0.29) is 24.0 Å². The third-order valence-corrected chi connectivity index (χ3v) is 4.27. The van der Waals surface area contributed by atoms with E-state index in [1.807, 2.05) is 6.92 Å². The molecular weight excluding hydrogens is 423 g/mol. The second kappa shape index (κ2) is 12.0. The summed E-state index contributed by atoms with van der Waals surface area (Å²) in [4.78, 5) is 9.05. The fourth-order valence-electron chi connectivity index (χ4n) is 2.07. The molecule has 1 heterocycles. The van der Waals surface area contributed by atoms with E-state index < -0.39 is 0 Å². The fourth-order valence-corrected chi connectivity index (χ4v) is 2.71. The molecule has 5 nitrogen and oxygen atoms in total. The molecule has 1 saturated carbocycles. The van der Waals surface area contributed by atoms with Crippen molar-refractivity contribution in [2.45, 2.75) is 39.5 Å². The van der Waals surface area contributed by atoms with Crippen molar-refractivity contribution >= 4 is 41.3 Å². The number of aliphatic imine (C=N–C) groups is 1. The molecule has 2 N–H and O–H groups in total. The molecule has 0 amide bonds. The van der Waals surface area contributed by atoms with Crippen LogP contribution in [0.5, 0.6) is 0 Å². The van der Waals surface area contributed by atoms with Gasteiger partial charge in [0.05, 0.1) is 10.7 Å². The Labute approximate surface area is 160 Å². The van der Waals surface area contributed by atoms with Gasteiger partial charge in [0.2, 0.25) is 0 Å². The van der Waals surface area contributed by atoms with E-state index in [1.54, 1.807) is 11.3 Å². The van der Waals surface area contributed by atoms with E-state index >= 15 is 0 Å². The van der Waals surface area contributed by atoms with Crippen molar-refractivity contribution in [3.8, 4) is 0 Å². The molecule has 1 fully saturated rings. The van der Waals surface area contributed by atoms with Crippen LogP contribution in [0.4, 0.5) is 0 Å². The Morgan fingerprint density at radius 2 is 2.26 bits per heavy atom. The molecule has 7 heteroatoms. The Morgan fingerprint density at radius 1 is 1.43 bits per heavy atom. The highest BCUT2D eigenvalue weighted by Gasteiger charge is 2.20. The number of hydrogen-bond donors (Lipinski definition) is 2.